The monoisotopic (exact) mass is 288 g/mol. The molecule has 0 bridgehead atoms. The highest BCUT2D eigenvalue weighted by Gasteiger charge is 1.98. The minimum Gasteiger partial charge on any atom is -1.00 e. The number of nitrogens with zero attached hydrogens (tertiary/aromatic N) is 2. The minimum atomic E-state index is 0. The van der Waals surface area contributed by atoms with Crippen LogP contribution in [0.4, 0.5) is 0 Å². The van der Waals surface area contributed by atoms with Gasteiger partial charge in [-0.15, -0.1) is 0 Å². The van der Waals surface area contributed by atoms with Gasteiger partial charge in [0.05, 0.1) is 13.7 Å². The number of imidazole rings is 1. The van der Waals surface area contributed by atoms with E-state index >= 15 is 0 Å². The maximum Gasteiger partial charge on any atom is 0.245 e. The number of aryl methyl sites for hydroxylation is 1. The van der Waals surface area contributed by atoms with Crippen LogP contribution >= 0.6 is 0 Å². The molecular formula is C15H29ClN2O. The van der Waals surface area contributed by atoms with Crippen molar-refractivity contribution in [1.29, 1.82) is 0 Å². The number of halogens is 1. The highest BCUT2D eigenvalue weighted by Crippen LogP contribution is 2.08. The Morgan fingerprint density at radius 1 is 1.00 bits per heavy atom. The summed E-state index contributed by atoms with van der Waals surface area (Å²) in [5.74, 6) is 0. The van der Waals surface area contributed by atoms with Crippen LogP contribution in [0, 0.1) is 0 Å². The van der Waals surface area contributed by atoms with Crippen LogP contribution < -0.4 is 17.0 Å². The third kappa shape index (κ3) is 9.97. The summed E-state index contributed by atoms with van der Waals surface area (Å²) in [7, 11) is 2.02. The topological polar surface area (TPSA) is 18.0 Å². The summed E-state index contributed by atoms with van der Waals surface area (Å²) in [6.45, 7) is 3.83. The fourth-order valence-electron chi connectivity index (χ4n) is 2.09. The fourth-order valence-corrected chi connectivity index (χ4v) is 2.09. The molecule has 0 atom stereocenters. The van der Waals surface area contributed by atoms with Crippen molar-refractivity contribution in [2.45, 2.75) is 65.0 Å². The van der Waals surface area contributed by atoms with Crippen molar-refractivity contribution in [2.24, 2.45) is 7.05 Å². The molecule has 0 aliphatic rings. The van der Waals surface area contributed by atoms with E-state index in [1.165, 1.54) is 51.4 Å². The van der Waals surface area contributed by atoms with E-state index in [-0.39, 0.29) is 12.4 Å². The van der Waals surface area contributed by atoms with Gasteiger partial charge in [0.15, 0.2) is 6.73 Å². The van der Waals surface area contributed by atoms with Gasteiger partial charge >= 0.3 is 0 Å². The predicted molar refractivity (Wildman–Crippen MR) is 74.2 cm³/mol. The Balaban J connectivity index is 0.00000324. The van der Waals surface area contributed by atoms with Crippen LogP contribution in [0.15, 0.2) is 18.7 Å². The van der Waals surface area contributed by atoms with Gasteiger partial charge in [0.25, 0.3) is 0 Å². The van der Waals surface area contributed by atoms with Crippen molar-refractivity contribution >= 4 is 0 Å². The molecule has 19 heavy (non-hydrogen) atoms. The fraction of sp³-hybridized carbons (Fsp3) is 0.800. The van der Waals surface area contributed by atoms with Crippen LogP contribution in [-0.4, -0.2) is 11.2 Å². The molecule has 0 radical (unpaired) electrons. The first kappa shape index (κ1) is 18.5. The zero-order valence-electron chi connectivity index (χ0n) is 12.5. The number of hydrogen-bond donors (Lipinski definition) is 0. The number of rotatable bonds is 11. The molecule has 0 N–H and O–H groups in total. The summed E-state index contributed by atoms with van der Waals surface area (Å²) in [5, 5.41) is 0. The van der Waals surface area contributed by atoms with Crippen LogP contribution in [0.1, 0.15) is 58.3 Å². The van der Waals surface area contributed by atoms with Crippen molar-refractivity contribution in [3.05, 3.63) is 18.7 Å². The third-order valence-corrected chi connectivity index (χ3v) is 3.21. The highest BCUT2D eigenvalue weighted by atomic mass is 35.5. The normalized spacial score (nSPS) is 10.4. The standard InChI is InChI=1S/C15H29N2O.ClH/c1-3-4-5-6-7-8-9-10-13-18-15-17-12-11-16(2)14-17;/h11-12,14H,3-10,13,15H2,1-2H3;1H/q+1;/p-1. The lowest BCUT2D eigenvalue weighted by Crippen LogP contribution is -3.00. The molecule has 0 unspecified atom stereocenters. The molecule has 0 saturated carbocycles. The summed E-state index contributed by atoms with van der Waals surface area (Å²) in [4.78, 5) is 0. The first-order valence-corrected chi connectivity index (χ1v) is 7.41. The maximum absolute atomic E-state index is 5.63. The Hall–Kier alpha value is -0.540. The van der Waals surface area contributed by atoms with Gasteiger partial charge in [0.2, 0.25) is 6.33 Å². The molecule has 1 heterocycles. The molecule has 0 aliphatic heterocycles. The number of aromatic nitrogens is 2. The Kier molecular flexibility index (Phi) is 12.1. The van der Waals surface area contributed by atoms with Crippen molar-refractivity contribution < 1.29 is 21.7 Å². The average molecular weight is 289 g/mol. The largest absolute Gasteiger partial charge is 1.00 e. The molecule has 1 aromatic rings. The third-order valence-electron chi connectivity index (χ3n) is 3.21. The summed E-state index contributed by atoms with van der Waals surface area (Å²) in [6.07, 6.45) is 16.9. The number of unbranched alkanes of at least 4 members (excludes halogenated alkanes) is 7. The molecule has 0 aliphatic carbocycles. The first-order valence-electron chi connectivity index (χ1n) is 7.41. The predicted octanol–water partition coefficient (Wildman–Crippen LogP) is 0.431. The van der Waals surface area contributed by atoms with Gasteiger partial charge in [0.1, 0.15) is 12.4 Å². The SMILES string of the molecule is CCCCCCCCCCOCn1cc[n+](C)c1.[Cl-]. The summed E-state index contributed by atoms with van der Waals surface area (Å²) < 4.78 is 9.72. The van der Waals surface area contributed by atoms with Gasteiger partial charge < -0.3 is 17.1 Å². The number of ether oxygens (including phenoxy) is 1. The first-order chi connectivity index (χ1) is 8.83. The smallest absolute Gasteiger partial charge is 0.245 e. The van der Waals surface area contributed by atoms with Crippen LogP contribution in [0.2, 0.25) is 0 Å². The van der Waals surface area contributed by atoms with Gasteiger partial charge in [-0.25, -0.2) is 9.13 Å². The molecule has 0 spiro atoms. The highest BCUT2D eigenvalue weighted by molar-refractivity contribution is 4.63. The molecular weight excluding hydrogens is 260 g/mol. The van der Waals surface area contributed by atoms with E-state index in [0.717, 1.165) is 6.61 Å². The Bertz CT molecular complexity index is 302. The van der Waals surface area contributed by atoms with Crippen LogP contribution in [-0.2, 0) is 18.5 Å². The minimum absolute atomic E-state index is 0. The van der Waals surface area contributed by atoms with Crippen molar-refractivity contribution in [3.8, 4) is 0 Å². The van der Waals surface area contributed by atoms with E-state index in [9.17, 15) is 0 Å². The zero-order chi connectivity index (χ0) is 13.1. The van der Waals surface area contributed by atoms with Crippen LogP contribution in [0.3, 0.4) is 0 Å². The number of hydrogen-bond acceptors (Lipinski definition) is 1. The second-order valence-electron chi connectivity index (χ2n) is 5.11. The Labute approximate surface area is 124 Å². The van der Waals surface area contributed by atoms with Crippen molar-refractivity contribution in [2.75, 3.05) is 6.61 Å². The van der Waals surface area contributed by atoms with Crippen LogP contribution in [0.5, 0.6) is 0 Å². The summed E-state index contributed by atoms with van der Waals surface area (Å²) in [6, 6.07) is 0. The van der Waals surface area contributed by atoms with Crippen LogP contribution in [0.25, 0.3) is 0 Å². The van der Waals surface area contributed by atoms with E-state index in [1.807, 2.05) is 30.3 Å². The van der Waals surface area contributed by atoms with E-state index in [0.29, 0.717) is 6.73 Å². The van der Waals surface area contributed by atoms with E-state index in [4.69, 9.17) is 4.74 Å². The van der Waals surface area contributed by atoms with E-state index in [1.54, 1.807) is 0 Å². The maximum atomic E-state index is 5.63. The Morgan fingerprint density at radius 3 is 2.21 bits per heavy atom. The van der Waals surface area contributed by atoms with Gasteiger partial charge in [-0.05, 0) is 6.42 Å². The lowest BCUT2D eigenvalue weighted by Gasteiger charge is -2.02. The molecule has 3 nitrogen and oxygen atoms in total. The molecule has 0 fully saturated rings. The molecule has 4 heteroatoms. The average Bonchev–Trinajstić information content (AvgIpc) is 2.77. The second-order valence-corrected chi connectivity index (χ2v) is 5.11. The van der Waals surface area contributed by atoms with Gasteiger partial charge in [-0.3, -0.25) is 0 Å². The van der Waals surface area contributed by atoms with Gasteiger partial charge in [-0.1, -0.05) is 51.9 Å². The Morgan fingerprint density at radius 2 is 1.63 bits per heavy atom. The zero-order valence-corrected chi connectivity index (χ0v) is 13.2. The molecule has 112 valence electrons. The second kappa shape index (κ2) is 12.5. The molecule has 1 aromatic heterocycles. The van der Waals surface area contributed by atoms with Crippen molar-refractivity contribution in [3.63, 3.8) is 0 Å². The molecule has 0 aromatic carbocycles. The summed E-state index contributed by atoms with van der Waals surface area (Å²) in [5.41, 5.74) is 0. The van der Waals surface area contributed by atoms with Crippen molar-refractivity contribution in [1.82, 2.24) is 4.57 Å². The van der Waals surface area contributed by atoms with Gasteiger partial charge in [-0.2, -0.15) is 0 Å². The van der Waals surface area contributed by atoms with Gasteiger partial charge in [0, 0.05) is 0 Å². The molecule has 0 saturated heterocycles. The lowest BCUT2D eigenvalue weighted by atomic mass is 10.1. The van der Waals surface area contributed by atoms with E-state index in [2.05, 4.69) is 11.5 Å². The summed E-state index contributed by atoms with van der Waals surface area (Å²) >= 11 is 0. The lowest BCUT2D eigenvalue weighted by molar-refractivity contribution is -0.671. The quantitative estimate of drug-likeness (QED) is 0.427. The molecule has 0 amide bonds. The molecule has 1 rings (SSSR count). The van der Waals surface area contributed by atoms with E-state index < -0.39 is 0 Å².